The Morgan fingerprint density at radius 2 is 2.16 bits per heavy atom. The summed E-state index contributed by atoms with van der Waals surface area (Å²) in [6.07, 6.45) is 2.22. The Kier molecular flexibility index (Phi) is 4.48. The summed E-state index contributed by atoms with van der Waals surface area (Å²) in [6.45, 7) is 7.85. The second kappa shape index (κ2) is 5.93. The molecule has 1 aromatic carbocycles. The average Bonchev–Trinajstić information content (AvgIpc) is 2.72. The van der Waals surface area contributed by atoms with Crippen LogP contribution in [0.25, 0.3) is 0 Å². The Morgan fingerprint density at radius 3 is 2.74 bits per heavy atom. The number of nitrogens with two attached hydrogens (primary N) is 1. The van der Waals surface area contributed by atoms with Crippen molar-refractivity contribution in [3.63, 3.8) is 0 Å². The zero-order valence-corrected chi connectivity index (χ0v) is 12.5. The van der Waals surface area contributed by atoms with E-state index in [4.69, 9.17) is 10.5 Å². The molecule has 0 fully saturated rings. The van der Waals surface area contributed by atoms with Gasteiger partial charge in [-0.1, -0.05) is 13.0 Å². The van der Waals surface area contributed by atoms with Gasteiger partial charge in [0.1, 0.15) is 5.75 Å². The van der Waals surface area contributed by atoms with Crippen LogP contribution in [0, 0.1) is 0 Å². The summed E-state index contributed by atoms with van der Waals surface area (Å²) >= 11 is 0. The van der Waals surface area contributed by atoms with Crippen molar-refractivity contribution in [2.45, 2.75) is 51.7 Å². The molecule has 0 saturated carbocycles. The Bertz CT molecular complexity index is 431. The molecule has 19 heavy (non-hydrogen) atoms. The van der Waals surface area contributed by atoms with Crippen LogP contribution in [0.5, 0.6) is 5.75 Å². The Labute approximate surface area is 116 Å². The largest absolute Gasteiger partial charge is 0.497 e. The summed E-state index contributed by atoms with van der Waals surface area (Å²) in [5.74, 6) is 0.904. The molecule has 0 heterocycles. The monoisotopic (exact) mass is 262 g/mol. The number of nitrogens with zero attached hydrogens (tertiary/aromatic N) is 1. The number of rotatable bonds is 5. The van der Waals surface area contributed by atoms with Gasteiger partial charge in [-0.2, -0.15) is 0 Å². The molecule has 106 valence electrons. The maximum Gasteiger partial charge on any atom is 0.119 e. The number of methoxy groups -OCH3 is 1. The van der Waals surface area contributed by atoms with Gasteiger partial charge < -0.3 is 10.5 Å². The van der Waals surface area contributed by atoms with Gasteiger partial charge in [0.05, 0.1) is 7.11 Å². The van der Waals surface area contributed by atoms with Crippen LogP contribution in [0.2, 0.25) is 0 Å². The summed E-state index contributed by atoms with van der Waals surface area (Å²) in [5, 5.41) is 0. The van der Waals surface area contributed by atoms with Crippen molar-refractivity contribution in [3.8, 4) is 5.75 Å². The second-order valence-electron chi connectivity index (χ2n) is 5.69. The summed E-state index contributed by atoms with van der Waals surface area (Å²) < 4.78 is 5.31. The van der Waals surface area contributed by atoms with Gasteiger partial charge >= 0.3 is 0 Å². The van der Waals surface area contributed by atoms with Gasteiger partial charge in [0, 0.05) is 18.1 Å². The van der Waals surface area contributed by atoms with E-state index in [0.29, 0.717) is 12.1 Å². The van der Waals surface area contributed by atoms with Gasteiger partial charge in [-0.25, -0.2) is 0 Å². The standard InChI is InChI=1S/C16H26N2O/c1-5-8-18(11(2)3)15-9-12-6-7-13(19-4)10-14(12)16(15)17/h6-7,10-11,15-16H,5,8-9,17H2,1-4H3. The van der Waals surface area contributed by atoms with Crippen molar-refractivity contribution < 1.29 is 4.74 Å². The Balaban J connectivity index is 2.24. The minimum Gasteiger partial charge on any atom is -0.497 e. The lowest BCUT2D eigenvalue weighted by molar-refractivity contribution is 0.140. The molecule has 0 spiro atoms. The van der Waals surface area contributed by atoms with Crippen LogP contribution in [0.4, 0.5) is 0 Å². The quantitative estimate of drug-likeness (QED) is 0.886. The maximum absolute atomic E-state index is 6.49. The summed E-state index contributed by atoms with van der Waals surface area (Å²) in [6, 6.07) is 7.35. The molecule has 3 heteroatoms. The lowest BCUT2D eigenvalue weighted by atomic mass is 10.1. The Morgan fingerprint density at radius 1 is 1.42 bits per heavy atom. The summed E-state index contributed by atoms with van der Waals surface area (Å²) in [5.41, 5.74) is 9.12. The molecule has 0 bridgehead atoms. The number of benzene rings is 1. The molecule has 2 unspecified atom stereocenters. The van der Waals surface area contributed by atoms with Gasteiger partial charge in [-0.15, -0.1) is 0 Å². The molecular weight excluding hydrogens is 236 g/mol. The molecule has 2 atom stereocenters. The molecule has 0 aromatic heterocycles. The van der Waals surface area contributed by atoms with E-state index >= 15 is 0 Å². The lowest BCUT2D eigenvalue weighted by Gasteiger charge is -2.34. The first-order chi connectivity index (χ1) is 9.08. The van der Waals surface area contributed by atoms with Crippen LogP contribution in [0.3, 0.4) is 0 Å². The normalized spacial score (nSPS) is 22.1. The molecule has 1 aromatic rings. The molecule has 0 radical (unpaired) electrons. The highest BCUT2D eigenvalue weighted by molar-refractivity contribution is 5.42. The van der Waals surface area contributed by atoms with E-state index < -0.39 is 0 Å². The molecule has 2 rings (SSSR count). The van der Waals surface area contributed by atoms with Crippen LogP contribution in [-0.4, -0.2) is 30.6 Å². The van der Waals surface area contributed by atoms with Gasteiger partial charge in [0.15, 0.2) is 0 Å². The lowest BCUT2D eigenvalue weighted by Crippen LogP contribution is -2.45. The van der Waals surface area contributed by atoms with Crippen LogP contribution in [0.15, 0.2) is 18.2 Å². The van der Waals surface area contributed by atoms with E-state index in [1.54, 1.807) is 7.11 Å². The van der Waals surface area contributed by atoms with E-state index in [1.807, 2.05) is 6.07 Å². The van der Waals surface area contributed by atoms with Gasteiger partial charge in [0.2, 0.25) is 0 Å². The molecule has 2 N–H and O–H groups in total. The van der Waals surface area contributed by atoms with Crippen LogP contribution < -0.4 is 10.5 Å². The van der Waals surface area contributed by atoms with Crippen molar-refractivity contribution in [3.05, 3.63) is 29.3 Å². The third kappa shape index (κ3) is 2.77. The summed E-state index contributed by atoms with van der Waals surface area (Å²) in [4.78, 5) is 2.54. The highest BCUT2D eigenvalue weighted by atomic mass is 16.5. The van der Waals surface area contributed by atoms with E-state index in [-0.39, 0.29) is 6.04 Å². The summed E-state index contributed by atoms with van der Waals surface area (Å²) in [7, 11) is 1.71. The highest BCUT2D eigenvalue weighted by Crippen LogP contribution is 2.35. The predicted octanol–water partition coefficient (Wildman–Crippen LogP) is 2.74. The zero-order chi connectivity index (χ0) is 14.0. The fourth-order valence-electron chi connectivity index (χ4n) is 3.14. The van der Waals surface area contributed by atoms with Crippen molar-refractivity contribution in [2.75, 3.05) is 13.7 Å². The maximum atomic E-state index is 6.49. The van der Waals surface area contributed by atoms with E-state index in [0.717, 1.165) is 18.7 Å². The third-order valence-electron chi connectivity index (χ3n) is 4.13. The van der Waals surface area contributed by atoms with E-state index in [9.17, 15) is 0 Å². The van der Waals surface area contributed by atoms with E-state index in [2.05, 4.69) is 37.8 Å². The number of ether oxygens (including phenoxy) is 1. The first kappa shape index (κ1) is 14.4. The van der Waals surface area contributed by atoms with Gasteiger partial charge in [-0.3, -0.25) is 4.90 Å². The molecular formula is C16H26N2O. The van der Waals surface area contributed by atoms with Crippen LogP contribution >= 0.6 is 0 Å². The third-order valence-corrected chi connectivity index (χ3v) is 4.13. The molecule has 3 nitrogen and oxygen atoms in total. The second-order valence-corrected chi connectivity index (χ2v) is 5.69. The molecule has 1 aliphatic carbocycles. The zero-order valence-electron chi connectivity index (χ0n) is 12.5. The van der Waals surface area contributed by atoms with Crippen molar-refractivity contribution in [1.29, 1.82) is 0 Å². The number of fused-ring (bicyclic) bond motifs is 1. The average molecular weight is 262 g/mol. The van der Waals surface area contributed by atoms with Crippen molar-refractivity contribution in [1.82, 2.24) is 4.90 Å². The topological polar surface area (TPSA) is 38.5 Å². The van der Waals surface area contributed by atoms with Crippen LogP contribution in [0.1, 0.15) is 44.4 Å². The molecule has 1 aliphatic rings. The smallest absolute Gasteiger partial charge is 0.119 e. The first-order valence-electron chi connectivity index (χ1n) is 7.26. The minimum absolute atomic E-state index is 0.0963. The first-order valence-corrected chi connectivity index (χ1v) is 7.26. The Hall–Kier alpha value is -1.06. The predicted molar refractivity (Wildman–Crippen MR) is 79.5 cm³/mol. The van der Waals surface area contributed by atoms with Gasteiger partial charge in [0.25, 0.3) is 0 Å². The molecule has 0 saturated heterocycles. The number of hydrogen-bond donors (Lipinski definition) is 1. The van der Waals surface area contributed by atoms with Crippen molar-refractivity contribution >= 4 is 0 Å². The van der Waals surface area contributed by atoms with Crippen molar-refractivity contribution in [2.24, 2.45) is 5.73 Å². The highest BCUT2D eigenvalue weighted by Gasteiger charge is 2.34. The minimum atomic E-state index is 0.0963. The fourth-order valence-corrected chi connectivity index (χ4v) is 3.14. The molecule has 0 amide bonds. The number of hydrogen-bond acceptors (Lipinski definition) is 3. The molecule has 0 aliphatic heterocycles. The fraction of sp³-hybridized carbons (Fsp3) is 0.625. The SMILES string of the molecule is CCCN(C(C)C)C1Cc2ccc(OC)cc2C1N. The van der Waals surface area contributed by atoms with Gasteiger partial charge in [-0.05, 0) is 56.5 Å². The van der Waals surface area contributed by atoms with E-state index in [1.165, 1.54) is 17.5 Å². The van der Waals surface area contributed by atoms with Crippen LogP contribution in [-0.2, 0) is 6.42 Å².